The summed E-state index contributed by atoms with van der Waals surface area (Å²) in [5.74, 6) is 0.913. The van der Waals surface area contributed by atoms with E-state index >= 15 is 0 Å². The van der Waals surface area contributed by atoms with E-state index in [1.807, 2.05) is 24.3 Å². The third kappa shape index (κ3) is 3.83. The predicted octanol–water partition coefficient (Wildman–Crippen LogP) is 1.86. The summed E-state index contributed by atoms with van der Waals surface area (Å²) in [5, 5.41) is 0. The van der Waals surface area contributed by atoms with Crippen molar-refractivity contribution in [2.75, 3.05) is 20.7 Å². The zero-order chi connectivity index (χ0) is 12.0. The molecular formula is C13H22N2O. The minimum absolute atomic E-state index is 0.527. The first-order chi connectivity index (χ1) is 7.65. The SMILES string of the molecule is CC(CCOc1ccccc1CN)N(C)C. The van der Waals surface area contributed by atoms with Crippen LogP contribution in [0.3, 0.4) is 0 Å². The van der Waals surface area contributed by atoms with Gasteiger partial charge in [0.05, 0.1) is 6.61 Å². The molecule has 1 rings (SSSR count). The first-order valence-electron chi connectivity index (χ1n) is 5.72. The fourth-order valence-corrected chi connectivity index (χ4v) is 1.41. The molecule has 0 amide bonds. The molecule has 3 nitrogen and oxygen atoms in total. The Bertz CT molecular complexity index is 313. The van der Waals surface area contributed by atoms with Gasteiger partial charge in [-0.3, -0.25) is 0 Å². The van der Waals surface area contributed by atoms with Gasteiger partial charge in [0, 0.05) is 18.2 Å². The van der Waals surface area contributed by atoms with Crippen molar-refractivity contribution < 1.29 is 4.74 Å². The predicted molar refractivity (Wildman–Crippen MR) is 67.6 cm³/mol. The lowest BCUT2D eigenvalue weighted by molar-refractivity contribution is 0.232. The second-order valence-electron chi connectivity index (χ2n) is 4.26. The molecule has 1 aromatic carbocycles. The molecule has 1 aromatic rings. The van der Waals surface area contributed by atoms with Crippen LogP contribution in [0.4, 0.5) is 0 Å². The summed E-state index contributed by atoms with van der Waals surface area (Å²) in [6, 6.07) is 8.47. The van der Waals surface area contributed by atoms with E-state index in [0.717, 1.165) is 24.3 Å². The Hall–Kier alpha value is -1.06. The molecule has 0 heterocycles. The molecule has 0 bridgehead atoms. The monoisotopic (exact) mass is 222 g/mol. The van der Waals surface area contributed by atoms with Crippen molar-refractivity contribution in [1.29, 1.82) is 0 Å². The Morgan fingerprint density at radius 3 is 2.62 bits per heavy atom. The molecule has 0 saturated heterocycles. The number of ether oxygens (including phenoxy) is 1. The Morgan fingerprint density at radius 1 is 1.31 bits per heavy atom. The molecule has 0 aromatic heterocycles. The van der Waals surface area contributed by atoms with Crippen LogP contribution in [0.1, 0.15) is 18.9 Å². The molecule has 16 heavy (non-hydrogen) atoms. The van der Waals surface area contributed by atoms with Gasteiger partial charge in [0.1, 0.15) is 5.75 Å². The van der Waals surface area contributed by atoms with E-state index in [4.69, 9.17) is 10.5 Å². The molecule has 90 valence electrons. The van der Waals surface area contributed by atoms with Gasteiger partial charge >= 0.3 is 0 Å². The van der Waals surface area contributed by atoms with Crippen LogP contribution in [0.15, 0.2) is 24.3 Å². The minimum Gasteiger partial charge on any atom is -0.493 e. The van der Waals surface area contributed by atoms with Gasteiger partial charge in [0.2, 0.25) is 0 Å². The second-order valence-corrected chi connectivity index (χ2v) is 4.26. The normalized spacial score (nSPS) is 12.8. The molecule has 0 radical (unpaired) electrons. The standard InChI is InChI=1S/C13H22N2O/c1-11(15(2)3)8-9-16-13-7-5-4-6-12(13)10-14/h4-7,11H,8-10,14H2,1-3H3. The highest BCUT2D eigenvalue weighted by molar-refractivity contribution is 5.32. The number of nitrogens with two attached hydrogens (primary N) is 1. The highest BCUT2D eigenvalue weighted by Crippen LogP contribution is 2.17. The maximum absolute atomic E-state index is 5.74. The summed E-state index contributed by atoms with van der Waals surface area (Å²) in [5.41, 5.74) is 6.71. The average Bonchev–Trinajstić information content (AvgIpc) is 2.29. The number of hydrogen-bond acceptors (Lipinski definition) is 3. The summed E-state index contributed by atoms with van der Waals surface area (Å²) >= 11 is 0. The molecule has 0 aliphatic carbocycles. The molecule has 0 aliphatic rings. The van der Waals surface area contributed by atoms with E-state index in [9.17, 15) is 0 Å². The van der Waals surface area contributed by atoms with E-state index in [1.54, 1.807) is 0 Å². The lowest BCUT2D eigenvalue weighted by Crippen LogP contribution is -2.26. The number of hydrogen-bond donors (Lipinski definition) is 1. The van der Waals surface area contributed by atoms with Gasteiger partial charge < -0.3 is 15.4 Å². The summed E-state index contributed by atoms with van der Waals surface area (Å²) < 4.78 is 5.74. The quantitative estimate of drug-likeness (QED) is 0.798. The third-order valence-electron chi connectivity index (χ3n) is 2.87. The van der Waals surface area contributed by atoms with E-state index in [-0.39, 0.29) is 0 Å². The Balaban J connectivity index is 2.42. The number of para-hydroxylation sites is 1. The summed E-state index contributed by atoms with van der Waals surface area (Å²) in [4.78, 5) is 2.19. The Morgan fingerprint density at radius 2 is 2.00 bits per heavy atom. The van der Waals surface area contributed by atoms with Gasteiger partial charge in [0.15, 0.2) is 0 Å². The summed E-state index contributed by atoms with van der Waals surface area (Å²) in [7, 11) is 4.16. The second kappa shape index (κ2) is 6.51. The first kappa shape index (κ1) is 13.0. The minimum atomic E-state index is 0.527. The van der Waals surface area contributed by atoms with Crippen LogP contribution in [-0.4, -0.2) is 31.6 Å². The molecule has 1 unspecified atom stereocenters. The third-order valence-corrected chi connectivity index (χ3v) is 2.87. The van der Waals surface area contributed by atoms with Crippen molar-refractivity contribution in [3.63, 3.8) is 0 Å². The first-order valence-corrected chi connectivity index (χ1v) is 5.72. The molecule has 0 aliphatic heterocycles. The molecule has 1 atom stereocenters. The van der Waals surface area contributed by atoms with Gasteiger partial charge in [-0.2, -0.15) is 0 Å². The van der Waals surface area contributed by atoms with Gasteiger partial charge in [-0.15, -0.1) is 0 Å². The molecule has 3 heteroatoms. The smallest absolute Gasteiger partial charge is 0.123 e. The maximum atomic E-state index is 5.74. The van der Waals surface area contributed by atoms with Crippen molar-refractivity contribution in [2.24, 2.45) is 5.73 Å². The van der Waals surface area contributed by atoms with Gasteiger partial charge in [-0.05, 0) is 33.5 Å². The lowest BCUT2D eigenvalue weighted by atomic mass is 10.2. The van der Waals surface area contributed by atoms with Gasteiger partial charge in [0.25, 0.3) is 0 Å². The van der Waals surface area contributed by atoms with E-state index in [0.29, 0.717) is 12.6 Å². The van der Waals surface area contributed by atoms with Crippen LogP contribution >= 0.6 is 0 Å². The van der Waals surface area contributed by atoms with E-state index < -0.39 is 0 Å². The van der Waals surface area contributed by atoms with E-state index in [2.05, 4.69) is 25.9 Å². The van der Waals surface area contributed by atoms with Gasteiger partial charge in [-0.25, -0.2) is 0 Å². The number of rotatable bonds is 6. The number of nitrogens with zero attached hydrogens (tertiary/aromatic N) is 1. The molecule has 0 fully saturated rings. The summed E-state index contributed by atoms with van der Waals surface area (Å²) in [6.07, 6.45) is 1.02. The average molecular weight is 222 g/mol. The zero-order valence-corrected chi connectivity index (χ0v) is 10.4. The Labute approximate surface area is 98.2 Å². The highest BCUT2D eigenvalue weighted by atomic mass is 16.5. The fourth-order valence-electron chi connectivity index (χ4n) is 1.41. The van der Waals surface area contributed by atoms with Crippen LogP contribution in [0.25, 0.3) is 0 Å². The van der Waals surface area contributed by atoms with Crippen molar-refractivity contribution in [3.8, 4) is 5.75 Å². The van der Waals surface area contributed by atoms with Crippen LogP contribution in [0, 0.1) is 0 Å². The van der Waals surface area contributed by atoms with E-state index in [1.165, 1.54) is 0 Å². The highest BCUT2D eigenvalue weighted by Gasteiger charge is 2.05. The fraction of sp³-hybridized carbons (Fsp3) is 0.538. The van der Waals surface area contributed by atoms with Crippen molar-refractivity contribution in [2.45, 2.75) is 25.9 Å². The molecule has 2 N–H and O–H groups in total. The van der Waals surface area contributed by atoms with Crippen LogP contribution in [-0.2, 0) is 6.54 Å². The van der Waals surface area contributed by atoms with Crippen molar-refractivity contribution in [3.05, 3.63) is 29.8 Å². The molecule has 0 saturated carbocycles. The summed E-state index contributed by atoms with van der Waals surface area (Å²) in [6.45, 7) is 3.45. The van der Waals surface area contributed by atoms with Gasteiger partial charge in [-0.1, -0.05) is 18.2 Å². The Kier molecular flexibility index (Phi) is 5.29. The maximum Gasteiger partial charge on any atom is 0.123 e. The van der Waals surface area contributed by atoms with Crippen molar-refractivity contribution in [1.82, 2.24) is 4.90 Å². The lowest BCUT2D eigenvalue weighted by Gasteiger charge is -2.20. The molecular weight excluding hydrogens is 200 g/mol. The van der Waals surface area contributed by atoms with Crippen LogP contribution in [0.2, 0.25) is 0 Å². The van der Waals surface area contributed by atoms with Crippen molar-refractivity contribution >= 4 is 0 Å². The van der Waals surface area contributed by atoms with Crippen LogP contribution in [0.5, 0.6) is 5.75 Å². The molecule has 0 spiro atoms. The topological polar surface area (TPSA) is 38.5 Å². The zero-order valence-electron chi connectivity index (χ0n) is 10.4. The number of benzene rings is 1. The van der Waals surface area contributed by atoms with Crippen LogP contribution < -0.4 is 10.5 Å². The largest absolute Gasteiger partial charge is 0.493 e.